The second-order valence-electron chi connectivity index (χ2n) is 6.42. The molecule has 0 spiro atoms. The smallest absolute Gasteiger partial charge is 0.354 e. The van der Waals surface area contributed by atoms with Crippen LogP contribution in [0.1, 0.15) is 37.7 Å². The van der Waals surface area contributed by atoms with Crippen molar-refractivity contribution < 1.29 is 9.90 Å². The molecule has 0 amide bonds. The van der Waals surface area contributed by atoms with Crippen molar-refractivity contribution in [2.24, 2.45) is 11.8 Å². The molecule has 2 N–H and O–H groups in total. The van der Waals surface area contributed by atoms with E-state index in [0.717, 1.165) is 31.5 Å². The van der Waals surface area contributed by atoms with E-state index >= 15 is 0 Å². The molecule has 1 saturated heterocycles. The topological polar surface area (TPSA) is 65.5 Å². The first-order valence-electron chi connectivity index (χ1n) is 7.63. The van der Waals surface area contributed by atoms with Crippen molar-refractivity contribution in [2.45, 2.75) is 33.2 Å². The summed E-state index contributed by atoms with van der Waals surface area (Å²) in [4.78, 5) is 17.5. The number of hydrogen-bond donors (Lipinski definition) is 2. The highest BCUT2D eigenvalue weighted by atomic mass is 16.4. The van der Waals surface area contributed by atoms with Crippen molar-refractivity contribution in [3.05, 3.63) is 23.9 Å². The summed E-state index contributed by atoms with van der Waals surface area (Å²) in [5, 5.41) is 12.3. The number of nitrogens with zero attached hydrogens (tertiary/aromatic N) is 2. The van der Waals surface area contributed by atoms with Crippen LogP contribution in [-0.2, 0) is 0 Å². The highest BCUT2D eigenvalue weighted by molar-refractivity contribution is 5.85. The van der Waals surface area contributed by atoms with E-state index in [1.54, 1.807) is 6.07 Å². The Bertz CT molecular complexity index is 482. The molecule has 1 aromatic heterocycles. The lowest BCUT2D eigenvalue weighted by Crippen LogP contribution is -2.43. The molecule has 0 aliphatic carbocycles. The summed E-state index contributed by atoms with van der Waals surface area (Å²) in [6.07, 6.45) is 1.31. The van der Waals surface area contributed by atoms with Gasteiger partial charge in [-0.3, -0.25) is 0 Å². The summed E-state index contributed by atoms with van der Waals surface area (Å²) >= 11 is 0. The van der Waals surface area contributed by atoms with E-state index in [1.165, 1.54) is 12.5 Å². The number of carbonyl (C=O) groups is 1. The molecule has 0 radical (unpaired) electrons. The normalized spacial score (nSPS) is 24.5. The van der Waals surface area contributed by atoms with Crippen LogP contribution in [0.2, 0.25) is 0 Å². The fourth-order valence-corrected chi connectivity index (χ4v) is 3.26. The first-order chi connectivity index (χ1) is 9.94. The molecule has 3 atom stereocenters. The number of likely N-dealkylation sites (tertiary alicyclic amines) is 1. The molecule has 1 aliphatic rings. The number of carboxylic acid groups (broad SMARTS) is 1. The van der Waals surface area contributed by atoms with Crippen LogP contribution in [-0.4, -0.2) is 46.6 Å². The van der Waals surface area contributed by atoms with Crippen LogP contribution in [0.5, 0.6) is 0 Å². The predicted octanol–water partition coefficient (Wildman–Crippen LogP) is 2.56. The van der Waals surface area contributed by atoms with Gasteiger partial charge in [-0.2, -0.15) is 0 Å². The molecule has 0 saturated carbocycles. The second-order valence-corrected chi connectivity index (χ2v) is 6.42. The van der Waals surface area contributed by atoms with Gasteiger partial charge >= 0.3 is 5.97 Å². The van der Waals surface area contributed by atoms with Crippen molar-refractivity contribution in [3.63, 3.8) is 0 Å². The average Bonchev–Trinajstić information content (AvgIpc) is 2.37. The number of piperidine rings is 1. The fourth-order valence-electron chi connectivity index (χ4n) is 3.26. The number of anilines is 1. The van der Waals surface area contributed by atoms with Gasteiger partial charge in [-0.1, -0.05) is 19.9 Å². The predicted molar refractivity (Wildman–Crippen MR) is 83.7 cm³/mol. The van der Waals surface area contributed by atoms with E-state index in [9.17, 15) is 4.79 Å². The number of pyridine rings is 1. The lowest BCUT2D eigenvalue weighted by molar-refractivity contribution is 0.0690. The largest absolute Gasteiger partial charge is 0.477 e. The average molecular weight is 291 g/mol. The zero-order valence-corrected chi connectivity index (χ0v) is 13.0. The molecule has 116 valence electrons. The molecule has 0 aromatic carbocycles. The molecule has 5 nitrogen and oxygen atoms in total. The number of hydrogen-bond acceptors (Lipinski definition) is 4. The van der Waals surface area contributed by atoms with Gasteiger partial charge in [0.1, 0.15) is 5.82 Å². The lowest BCUT2D eigenvalue weighted by atomic mass is 9.92. The molecule has 1 aliphatic heterocycles. The number of rotatable bonds is 5. The van der Waals surface area contributed by atoms with E-state index in [4.69, 9.17) is 5.11 Å². The summed E-state index contributed by atoms with van der Waals surface area (Å²) in [5.41, 5.74) is 0.0763. The van der Waals surface area contributed by atoms with Gasteiger partial charge in [0, 0.05) is 25.7 Å². The standard InChI is InChI=1S/C16H25N3O2/c1-11-7-12(2)9-19(8-11)10-13(3)17-15-6-4-5-14(18-15)16(20)21/h4-6,11-13H,7-10H2,1-3H3,(H,17,18)(H,20,21). The molecule has 2 rings (SSSR count). The fraction of sp³-hybridized carbons (Fsp3) is 0.625. The van der Waals surface area contributed by atoms with Gasteiger partial charge < -0.3 is 15.3 Å². The maximum absolute atomic E-state index is 10.9. The Morgan fingerprint density at radius 1 is 1.43 bits per heavy atom. The molecule has 1 aromatic rings. The zero-order chi connectivity index (χ0) is 15.4. The van der Waals surface area contributed by atoms with Crippen molar-refractivity contribution in [1.29, 1.82) is 0 Å². The molecular weight excluding hydrogens is 266 g/mol. The van der Waals surface area contributed by atoms with Gasteiger partial charge in [-0.15, -0.1) is 0 Å². The molecule has 21 heavy (non-hydrogen) atoms. The second kappa shape index (κ2) is 6.89. The number of aromatic nitrogens is 1. The van der Waals surface area contributed by atoms with Crippen LogP contribution in [0.3, 0.4) is 0 Å². The molecular formula is C16H25N3O2. The van der Waals surface area contributed by atoms with Crippen LogP contribution in [0, 0.1) is 11.8 Å². The molecule has 1 fully saturated rings. The van der Waals surface area contributed by atoms with Crippen molar-refractivity contribution in [1.82, 2.24) is 9.88 Å². The lowest BCUT2D eigenvalue weighted by Gasteiger charge is -2.36. The maximum atomic E-state index is 10.9. The SMILES string of the molecule is CC1CC(C)CN(CC(C)Nc2cccc(C(=O)O)n2)C1. The van der Waals surface area contributed by atoms with Crippen molar-refractivity contribution >= 4 is 11.8 Å². The number of aromatic carboxylic acids is 1. The highest BCUT2D eigenvalue weighted by Gasteiger charge is 2.22. The van der Waals surface area contributed by atoms with Crippen molar-refractivity contribution in [3.8, 4) is 0 Å². The monoisotopic (exact) mass is 291 g/mol. The summed E-state index contributed by atoms with van der Waals surface area (Å²) < 4.78 is 0. The summed E-state index contributed by atoms with van der Waals surface area (Å²) in [6.45, 7) is 9.95. The molecule has 2 heterocycles. The Hall–Kier alpha value is -1.62. The number of carboxylic acids is 1. The van der Waals surface area contributed by atoms with Crippen LogP contribution < -0.4 is 5.32 Å². The van der Waals surface area contributed by atoms with Gasteiger partial charge in [0.25, 0.3) is 0 Å². The van der Waals surface area contributed by atoms with Crippen LogP contribution in [0.15, 0.2) is 18.2 Å². The van der Waals surface area contributed by atoms with Crippen LogP contribution >= 0.6 is 0 Å². The van der Waals surface area contributed by atoms with Gasteiger partial charge in [-0.25, -0.2) is 9.78 Å². The summed E-state index contributed by atoms with van der Waals surface area (Å²) in [5.74, 6) is 1.12. The van der Waals surface area contributed by atoms with E-state index in [-0.39, 0.29) is 11.7 Å². The van der Waals surface area contributed by atoms with Crippen molar-refractivity contribution in [2.75, 3.05) is 25.0 Å². The quantitative estimate of drug-likeness (QED) is 0.873. The first kappa shape index (κ1) is 15.8. The Kier molecular flexibility index (Phi) is 5.17. The Labute approximate surface area is 126 Å². The van der Waals surface area contributed by atoms with E-state index in [1.807, 2.05) is 6.07 Å². The molecule has 3 unspecified atom stereocenters. The minimum Gasteiger partial charge on any atom is -0.477 e. The minimum absolute atomic E-state index is 0.0763. The Morgan fingerprint density at radius 3 is 2.71 bits per heavy atom. The Balaban J connectivity index is 1.90. The third-order valence-electron chi connectivity index (χ3n) is 3.84. The number of nitrogens with one attached hydrogen (secondary N) is 1. The maximum Gasteiger partial charge on any atom is 0.354 e. The highest BCUT2D eigenvalue weighted by Crippen LogP contribution is 2.21. The van der Waals surface area contributed by atoms with Gasteiger partial charge in [0.05, 0.1) is 0 Å². The zero-order valence-electron chi connectivity index (χ0n) is 13.0. The van der Waals surface area contributed by atoms with E-state index in [2.05, 4.69) is 36.0 Å². The minimum atomic E-state index is -0.995. The summed E-state index contributed by atoms with van der Waals surface area (Å²) in [7, 11) is 0. The third-order valence-corrected chi connectivity index (χ3v) is 3.84. The van der Waals surface area contributed by atoms with Gasteiger partial charge in [-0.05, 0) is 37.3 Å². The van der Waals surface area contributed by atoms with E-state index < -0.39 is 5.97 Å². The first-order valence-corrected chi connectivity index (χ1v) is 7.63. The molecule has 0 bridgehead atoms. The summed E-state index contributed by atoms with van der Waals surface area (Å²) in [6, 6.07) is 5.27. The van der Waals surface area contributed by atoms with Gasteiger partial charge in [0.15, 0.2) is 5.69 Å². The van der Waals surface area contributed by atoms with Crippen LogP contribution in [0.25, 0.3) is 0 Å². The Morgan fingerprint density at radius 2 is 2.10 bits per heavy atom. The van der Waals surface area contributed by atoms with Crippen LogP contribution in [0.4, 0.5) is 5.82 Å². The molecule has 5 heteroatoms. The van der Waals surface area contributed by atoms with Gasteiger partial charge in [0.2, 0.25) is 0 Å². The third kappa shape index (κ3) is 4.70. The van der Waals surface area contributed by atoms with E-state index in [0.29, 0.717) is 5.82 Å².